The minimum absolute atomic E-state index is 0.0695. The number of amides is 2. The van der Waals surface area contributed by atoms with E-state index in [1.807, 2.05) is 6.07 Å². The molecule has 4 heterocycles. The Morgan fingerprint density at radius 2 is 2.00 bits per heavy atom. The molecule has 0 spiro atoms. The highest BCUT2D eigenvalue weighted by atomic mass is 16.7. The highest BCUT2D eigenvalue weighted by Crippen LogP contribution is 2.34. The van der Waals surface area contributed by atoms with Crippen LogP contribution in [0.4, 0.5) is 0 Å². The Labute approximate surface area is 241 Å². The van der Waals surface area contributed by atoms with Gasteiger partial charge >= 0.3 is 0 Å². The second-order valence-electron chi connectivity index (χ2n) is 9.88. The van der Waals surface area contributed by atoms with Gasteiger partial charge in [0.05, 0.1) is 19.5 Å². The van der Waals surface area contributed by atoms with Gasteiger partial charge in [-0.1, -0.05) is 6.07 Å². The number of ether oxygens (including phenoxy) is 4. The topological polar surface area (TPSA) is 143 Å². The lowest BCUT2D eigenvalue weighted by atomic mass is 10.1. The van der Waals surface area contributed by atoms with Gasteiger partial charge in [0.1, 0.15) is 18.1 Å². The molecule has 2 amide bonds. The predicted octanol–water partition coefficient (Wildman–Crippen LogP) is 2.74. The van der Waals surface area contributed by atoms with Crippen molar-refractivity contribution in [3.8, 4) is 28.6 Å². The summed E-state index contributed by atoms with van der Waals surface area (Å²) in [6.07, 6.45) is 3.21. The molecular weight excluding hydrogens is 544 g/mol. The number of hydrogen-bond acceptors (Lipinski definition) is 10. The first kappa shape index (κ1) is 27.3. The van der Waals surface area contributed by atoms with Gasteiger partial charge in [-0.3, -0.25) is 9.59 Å². The normalized spacial score (nSPS) is 16.3. The zero-order valence-corrected chi connectivity index (χ0v) is 23.0. The van der Waals surface area contributed by atoms with Crippen molar-refractivity contribution in [1.29, 1.82) is 0 Å². The Morgan fingerprint density at radius 1 is 1.14 bits per heavy atom. The molecule has 0 saturated carbocycles. The minimum Gasteiger partial charge on any atom is -0.497 e. The van der Waals surface area contributed by atoms with Gasteiger partial charge in [-0.25, -0.2) is 0 Å². The number of nitrogens with one attached hydrogen (secondary N) is 1. The van der Waals surface area contributed by atoms with Crippen LogP contribution in [0.25, 0.3) is 11.4 Å². The van der Waals surface area contributed by atoms with Gasteiger partial charge in [0.15, 0.2) is 17.5 Å². The van der Waals surface area contributed by atoms with Gasteiger partial charge in [0.2, 0.25) is 18.5 Å². The Kier molecular flexibility index (Phi) is 7.99. The van der Waals surface area contributed by atoms with Crippen molar-refractivity contribution in [1.82, 2.24) is 30.4 Å². The summed E-state index contributed by atoms with van der Waals surface area (Å²) in [7, 11) is 1.59. The van der Waals surface area contributed by atoms with Crippen molar-refractivity contribution in [3.05, 3.63) is 72.2 Å². The lowest BCUT2D eigenvalue weighted by molar-refractivity contribution is -0.143. The quantitative estimate of drug-likeness (QED) is 0.284. The maximum atomic E-state index is 14.0. The minimum atomic E-state index is -1.07. The molecular formula is C29H30N6O7. The molecule has 4 aromatic rings. The number of hydrogen-bond donors (Lipinski definition) is 1. The number of fused-ring (bicyclic) bond motifs is 1. The summed E-state index contributed by atoms with van der Waals surface area (Å²) in [6.45, 7) is 0.937. The lowest BCUT2D eigenvalue weighted by Crippen LogP contribution is -2.46. The molecule has 218 valence electrons. The number of nitrogens with zero attached hydrogens (tertiary/aromatic N) is 5. The number of rotatable bonds is 11. The van der Waals surface area contributed by atoms with Crippen LogP contribution >= 0.6 is 0 Å². The van der Waals surface area contributed by atoms with Crippen molar-refractivity contribution >= 4 is 11.8 Å². The van der Waals surface area contributed by atoms with E-state index in [0.717, 1.165) is 18.4 Å². The third kappa shape index (κ3) is 6.05. The van der Waals surface area contributed by atoms with E-state index in [0.29, 0.717) is 47.5 Å². The zero-order chi connectivity index (χ0) is 28.9. The number of benzene rings is 2. The summed E-state index contributed by atoms with van der Waals surface area (Å²) in [6, 6.07) is 14.9. The maximum absolute atomic E-state index is 14.0. The first-order chi connectivity index (χ1) is 20.6. The van der Waals surface area contributed by atoms with Crippen molar-refractivity contribution in [2.24, 2.45) is 0 Å². The summed E-state index contributed by atoms with van der Waals surface area (Å²) in [4.78, 5) is 30.3. The van der Waals surface area contributed by atoms with Crippen LogP contribution in [-0.2, 0) is 27.4 Å². The molecule has 0 bridgehead atoms. The van der Waals surface area contributed by atoms with Crippen LogP contribution in [0.5, 0.6) is 17.2 Å². The summed E-state index contributed by atoms with van der Waals surface area (Å²) in [5, 5.41) is 15.5. The standard InChI is InChI=1S/C29H30N6O7/c1-38-21-9-7-20(8-10-21)28-31-33-35(32-28)17-26(36)34(16-19-6-11-23-25(14-19)42-18-41-23)27(24-5-3-13-40-24)29(37)30-15-22-4-2-12-39-22/h3,5-11,13-14,22,27H,2,4,12,15-18H2,1H3,(H,30,37)/t22-,27-/m0/s1. The fourth-order valence-electron chi connectivity index (χ4n) is 4.92. The van der Waals surface area contributed by atoms with E-state index >= 15 is 0 Å². The highest BCUT2D eigenvalue weighted by molar-refractivity contribution is 5.88. The van der Waals surface area contributed by atoms with Crippen LogP contribution < -0.4 is 19.5 Å². The van der Waals surface area contributed by atoms with Gasteiger partial charge in [-0.15, -0.1) is 10.2 Å². The van der Waals surface area contributed by atoms with Gasteiger partial charge in [-0.2, -0.15) is 4.80 Å². The molecule has 0 unspecified atom stereocenters. The van der Waals surface area contributed by atoms with E-state index in [2.05, 4.69) is 20.7 Å². The fraction of sp³-hybridized carbons (Fsp3) is 0.345. The van der Waals surface area contributed by atoms with Crippen LogP contribution in [0.2, 0.25) is 0 Å². The maximum Gasteiger partial charge on any atom is 0.250 e. The van der Waals surface area contributed by atoms with Gasteiger partial charge in [0, 0.05) is 25.3 Å². The van der Waals surface area contributed by atoms with Crippen molar-refractivity contribution in [2.75, 3.05) is 27.1 Å². The lowest BCUT2D eigenvalue weighted by Gasteiger charge is -2.30. The molecule has 2 aromatic carbocycles. The Balaban J connectivity index is 1.27. The average Bonchev–Trinajstić information content (AvgIpc) is 3.84. The molecule has 0 radical (unpaired) electrons. The van der Waals surface area contributed by atoms with Gasteiger partial charge in [-0.05, 0) is 72.1 Å². The van der Waals surface area contributed by atoms with Gasteiger partial charge < -0.3 is 33.6 Å². The second kappa shape index (κ2) is 12.3. The summed E-state index contributed by atoms with van der Waals surface area (Å²) in [5.74, 6) is 1.75. The van der Waals surface area contributed by atoms with Crippen LogP contribution in [0.1, 0.15) is 30.2 Å². The van der Waals surface area contributed by atoms with Crippen LogP contribution in [-0.4, -0.2) is 70.1 Å². The van der Waals surface area contributed by atoms with Crippen LogP contribution in [0.15, 0.2) is 65.3 Å². The first-order valence-electron chi connectivity index (χ1n) is 13.6. The van der Waals surface area contributed by atoms with Gasteiger partial charge in [0.25, 0.3) is 5.91 Å². The largest absolute Gasteiger partial charge is 0.497 e. The molecule has 1 fully saturated rings. The summed E-state index contributed by atoms with van der Waals surface area (Å²) in [5.41, 5.74) is 1.45. The Morgan fingerprint density at radius 3 is 2.76 bits per heavy atom. The molecule has 2 atom stereocenters. The SMILES string of the molecule is COc1ccc(-c2nnn(CC(=O)N(Cc3ccc4c(c3)OCO4)[C@H](C(=O)NC[C@@H]3CCCO3)c3ccco3)n2)cc1. The molecule has 2 aliphatic rings. The van der Waals surface area contributed by atoms with Crippen molar-refractivity contribution in [3.63, 3.8) is 0 Å². The third-order valence-corrected chi connectivity index (χ3v) is 7.09. The average molecular weight is 575 g/mol. The summed E-state index contributed by atoms with van der Waals surface area (Å²) < 4.78 is 27.5. The second-order valence-corrected chi connectivity index (χ2v) is 9.88. The Bertz CT molecular complexity index is 1520. The Hall–Kier alpha value is -4.91. The van der Waals surface area contributed by atoms with E-state index in [-0.39, 0.29) is 31.9 Å². The van der Waals surface area contributed by atoms with Crippen LogP contribution in [0, 0.1) is 0 Å². The predicted molar refractivity (Wildman–Crippen MR) is 146 cm³/mol. The molecule has 13 nitrogen and oxygen atoms in total. The van der Waals surface area contributed by atoms with E-state index < -0.39 is 11.9 Å². The smallest absolute Gasteiger partial charge is 0.250 e. The molecule has 6 rings (SSSR count). The zero-order valence-electron chi connectivity index (χ0n) is 23.0. The molecule has 42 heavy (non-hydrogen) atoms. The van der Waals surface area contributed by atoms with E-state index in [4.69, 9.17) is 23.4 Å². The number of aromatic nitrogens is 4. The third-order valence-electron chi connectivity index (χ3n) is 7.09. The van der Waals surface area contributed by atoms with E-state index in [1.54, 1.807) is 55.6 Å². The number of carbonyl (C=O) groups excluding carboxylic acids is 2. The fourth-order valence-corrected chi connectivity index (χ4v) is 4.92. The molecule has 1 N–H and O–H groups in total. The van der Waals surface area contributed by atoms with Crippen LogP contribution in [0.3, 0.4) is 0 Å². The number of methoxy groups -OCH3 is 1. The number of carbonyl (C=O) groups is 2. The molecule has 2 aliphatic heterocycles. The van der Waals surface area contributed by atoms with E-state index in [1.165, 1.54) is 16.0 Å². The molecule has 0 aliphatic carbocycles. The molecule has 13 heteroatoms. The van der Waals surface area contributed by atoms with Crippen molar-refractivity contribution in [2.45, 2.75) is 38.1 Å². The highest BCUT2D eigenvalue weighted by Gasteiger charge is 2.35. The summed E-state index contributed by atoms with van der Waals surface area (Å²) >= 11 is 0. The van der Waals surface area contributed by atoms with E-state index in [9.17, 15) is 9.59 Å². The molecule has 2 aromatic heterocycles. The number of furan rings is 1. The monoisotopic (exact) mass is 574 g/mol. The first-order valence-corrected chi connectivity index (χ1v) is 13.6. The molecule has 1 saturated heterocycles. The van der Waals surface area contributed by atoms with Crippen molar-refractivity contribution < 1.29 is 33.0 Å². The number of tetrazole rings is 1.